The number of ether oxygens (including phenoxy) is 2. The molecule has 3 aliphatic rings. The van der Waals surface area contributed by atoms with E-state index in [0.29, 0.717) is 23.9 Å². The van der Waals surface area contributed by atoms with Crippen LogP contribution in [0.25, 0.3) is 0 Å². The highest BCUT2D eigenvalue weighted by atomic mass is 16.6. The quantitative estimate of drug-likeness (QED) is 0.583. The Labute approximate surface area is 79.0 Å². The van der Waals surface area contributed by atoms with E-state index in [-0.39, 0.29) is 0 Å². The van der Waals surface area contributed by atoms with Crippen LogP contribution in [0.3, 0.4) is 0 Å². The van der Waals surface area contributed by atoms with Crippen LogP contribution >= 0.6 is 0 Å². The fourth-order valence-electron chi connectivity index (χ4n) is 3.49. The number of methoxy groups -OCH3 is 1. The fraction of sp³-hybridized carbons (Fsp3) is 1.00. The third kappa shape index (κ3) is 0.767. The lowest BCUT2D eigenvalue weighted by Crippen LogP contribution is -2.61. The smallest absolute Gasteiger partial charge is 0.103 e. The van der Waals surface area contributed by atoms with Crippen LogP contribution in [0.5, 0.6) is 0 Å². The zero-order chi connectivity index (χ0) is 9.22. The van der Waals surface area contributed by atoms with E-state index in [1.165, 1.54) is 6.42 Å². The summed E-state index contributed by atoms with van der Waals surface area (Å²) in [6.07, 6.45) is 3.90. The van der Waals surface area contributed by atoms with Crippen molar-refractivity contribution < 1.29 is 9.47 Å². The van der Waals surface area contributed by atoms with Crippen LogP contribution in [0, 0.1) is 5.92 Å². The Morgan fingerprint density at radius 3 is 2.77 bits per heavy atom. The molecular weight excluding hydrogens is 166 g/mol. The van der Waals surface area contributed by atoms with Gasteiger partial charge >= 0.3 is 0 Å². The molecule has 1 heterocycles. The number of nitrogens with zero attached hydrogens (tertiary/aromatic N) is 1. The van der Waals surface area contributed by atoms with Crippen molar-refractivity contribution in [3.05, 3.63) is 0 Å². The Morgan fingerprint density at radius 2 is 2.23 bits per heavy atom. The van der Waals surface area contributed by atoms with Gasteiger partial charge in [0, 0.05) is 13.0 Å². The first-order chi connectivity index (χ1) is 6.20. The average Bonchev–Trinajstić information content (AvgIpc) is 2.74. The first-order valence-corrected chi connectivity index (χ1v) is 5.06. The second-order valence-corrected chi connectivity index (χ2v) is 4.81. The summed E-state index contributed by atoms with van der Waals surface area (Å²) in [6, 6.07) is 0. The summed E-state index contributed by atoms with van der Waals surface area (Å²) in [4.78, 5) is 2.35. The Balaban J connectivity index is 1.85. The molecule has 0 radical (unpaired) electrons. The molecule has 0 bridgehead atoms. The molecule has 0 aromatic heterocycles. The molecule has 1 aliphatic heterocycles. The van der Waals surface area contributed by atoms with Crippen LogP contribution in [0.1, 0.15) is 12.8 Å². The minimum absolute atomic E-state index is 0.325. The molecule has 13 heavy (non-hydrogen) atoms. The van der Waals surface area contributed by atoms with Gasteiger partial charge in [0.2, 0.25) is 0 Å². The summed E-state index contributed by atoms with van der Waals surface area (Å²) in [5, 5.41) is 0. The highest BCUT2D eigenvalue weighted by Crippen LogP contribution is 2.64. The highest BCUT2D eigenvalue weighted by molar-refractivity contribution is 5.28. The third-order valence-electron chi connectivity index (χ3n) is 4.29. The molecule has 2 aliphatic carbocycles. The highest BCUT2D eigenvalue weighted by Gasteiger charge is 2.77. The van der Waals surface area contributed by atoms with E-state index >= 15 is 0 Å². The second-order valence-electron chi connectivity index (χ2n) is 4.81. The van der Waals surface area contributed by atoms with Crippen molar-refractivity contribution in [1.82, 2.24) is 4.90 Å². The van der Waals surface area contributed by atoms with Crippen LogP contribution in [0.4, 0.5) is 0 Å². The van der Waals surface area contributed by atoms with Crippen molar-refractivity contribution in [2.45, 2.75) is 36.7 Å². The number of epoxide rings is 1. The van der Waals surface area contributed by atoms with Crippen molar-refractivity contribution in [2.75, 3.05) is 21.2 Å². The van der Waals surface area contributed by atoms with Gasteiger partial charge in [0.05, 0.1) is 17.7 Å². The third-order valence-corrected chi connectivity index (χ3v) is 4.29. The molecule has 74 valence electrons. The van der Waals surface area contributed by atoms with E-state index in [1.54, 1.807) is 0 Å². The predicted molar refractivity (Wildman–Crippen MR) is 48.6 cm³/mol. The molecule has 3 nitrogen and oxygen atoms in total. The van der Waals surface area contributed by atoms with Crippen LogP contribution in [0.15, 0.2) is 0 Å². The maximum Gasteiger partial charge on any atom is 0.103 e. The van der Waals surface area contributed by atoms with Crippen molar-refractivity contribution in [3.63, 3.8) is 0 Å². The van der Waals surface area contributed by atoms with Crippen LogP contribution in [-0.4, -0.2) is 50.0 Å². The van der Waals surface area contributed by atoms with Gasteiger partial charge in [0.25, 0.3) is 0 Å². The number of hydrogen-bond donors (Lipinski definition) is 0. The molecule has 2 saturated carbocycles. The van der Waals surface area contributed by atoms with Crippen molar-refractivity contribution in [1.29, 1.82) is 0 Å². The van der Waals surface area contributed by atoms with Gasteiger partial charge < -0.3 is 14.4 Å². The molecule has 3 fully saturated rings. The molecule has 0 N–H and O–H groups in total. The zero-order valence-corrected chi connectivity index (χ0v) is 8.49. The van der Waals surface area contributed by atoms with Crippen LogP contribution < -0.4 is 0 Å². The van der Waals surface area contributed by atoms with Crippen LogP contribution in [-0.2, 0) is 9.47 Å². The Morgan fingerprint density at radius 1 is 1.46 bits per heavy atom. The molecule has 0 spiro atoms. The van der Waals surface area contributed by atoms with Gasteiger partial charge in [0.15, 0.2) is 0 Å². The number of likely N-dealkylation sites (N-methyl/N-ethyl adjacent to an activating group) is 1. The fourth-order valence-corrected chi connectivity index (χ4v) is 3.49. The normalized spacial score (nSPS) is 57.2. The van der Waals surface area contributed by atoms with Crippen LogP contribution in [0.2, 0.25) is 0 Å². The van der Waals surface area contributed by atoms with E-state index in [2.05, 4.69) is 19.0 Å². The van der Waals surface area contributed by atoms with Gasteiger partial charge in [-0.3, -0.25) is 0 Å². The second kappa shape index (κ2) is 2.27. The standard InChI is InChI=1S/C10H17NO2/c1-11(2)10-5-6(12-3)4-7(10)8-9(10)13-8/h6-9H,4-5H2,1-3H3. The molecular formula is C10H17NO2. The minimum atomic E-state index is 0.325. The van der Waals surface area contributed by atoms with E-state index in [1.807, 2.05) is 7.11 Å². The SMILES string of the molecule is COC1CC2C3OC3C2(N(C)C)C1. The number of rotatable bonds is 2. The molecule has 0 aromatic rings. The van der Waals surface area contributed by atoms with Gasteiger partial charge in [-0.05, 0) is 26.9 Å². The first kappa shape index (κ1) is 8.21. The largest absolute Gasteiger partial charge is 0.381 e. The summed E-state index contributed by atoms with van der Waals surface area (Å²) in [7, 11) is 6.16. The van der Waals surface area contributed by atoms with Crippen molar-refractivity contribution in [3.8, 4) is 0 Å². The lowest BCUT2D eigenvalue weighted by atomic mass is 9.68. The summed E-state index contributed by atoms with van der Waals surface area (Å²) in [5.41, 5.74) is 0.325. The monoisotopic (exact) mass is 183 g/mol. The molecule has 0 aromatic carbocycles. The maximum absolute atomic E-state index is 5.66. The summed E-state index contributed by atoms with van der Waals surface area (Å²) in [6.45, 7) is 0. The molecule has 3 heteroatoms. The van der Waals surface area contributed by atoms with E-state index in [9.17, 15) is 0 Å². The average molecular weight is 183 g/mol. The first-order valence-electron chi connectivity index (χ1n) is 5.06. The zero-order valence-electron chi connectivity index (χ0n) is 8.49. The van der Waals surface area contributed by atoms with E-state index in [4.69, 9.17) is 9.47 Å². The topological polar surface area (TPSA) is 25.0 Å². The maximum atomic E-state index is 5.66. The van der Waals surface area contributed by atoms with Gasteiger partial charge in [-0.15, -0.1) is 0 Å². The van der Waals surface area contributed by atoms with Gasteiger partial charge in [-0.1, -0.05) is 0 Å². The summed E-state index contributed by atoms with van der Waals surface area (Å²) < 4.78 is 11.1. The Hall–Kier alpha value is -0.120. The van der Waals surface area contributed by atoms with Crippen molar-refractivity contribution >= 4 is 0 Å². The molecule has 5 unspecified atom stereocenters. The Kier molecular flexibility index (Phi) is 1.43. The summed E-state index contributed by atoms with van der Waals surface area (Å²) in [5.74, 6) is 0.734. The van der Waals surface area contributed by atoms with Gasteiger partial charge in [-0.2, -0.15) is 0 Å². The molecule has 0 amide bonds. The van der Waals surface area contributed by atoms with Crippen molar-refractivity contribution in [2.24, 2.45) is 5.92 Å². The van der Waals surface area contributed by atoms with E-state index < -0.39 is 0 Å². The van der Waals surface area contributed by atoms with Gasteiger partial charge in [0.1, 0.15) is 6.10 Å². The molecule has 5 atom stereocenters. The minimum Gasteiger partial charge on any atom is -0.381 e. The summed E-state index contributed by atoms with van der Waals surface area (Å²) >= 11 is 0. The Bertz CT molecular complexity index is 239. The lowest BCUT2D eigenvalue weighted by molar-refractivity contribution is 0.0389. The number of hydrogen-bond acceptors (Lipinski definition) is 3. The molecule has 1 saturated heterocycles. The lowest BCUT2D eigenvalue weighted by Gasteiger charge is -2.45. The predicted octanol–water partition coefficient (Wildman–Crippen LogP) is 0.493. The number of fused-ring (bicyclic) bond motifs is 4. The van der Waals surface area contributed by atoms with E-state index in [0.717, 1.165) is 12.3 Å². The molecule has 3 rings (SSSR count). The van der Waals surface area contributed by atoms with Gasteiger partial charge in [-0.25, -0.2) is 0 Å².